The van der Waals surface area contributed by atoms with Crippen LogP contribution in [0.5, 0.6) is 0 Å². The van der Waals surface area contributed by atoms with E-state index in [0.29, 0.717) is 17.7 Å². The highest BCUT2D eigenvalue weighted by molar-refractivity contribution is 7.89. The molecule has 8 heteroatoms. The lowest BCUT2D eigenvalue weighted by Crippen LogP contribution is -2.49. The second-order valence-electron chi connectivity index (χ2n) is 6.85. The van der Waals surface area contributed by atoms with Crippen molar-refractivity contribution >= 4 is 27.5 Å². The van der Waals surface area contributed by atoms with E-state index in [4.69, 9.17) is 5.26 Å². The fourth-order valence-electron chi connectivity index (χ4n) is 3.38. The first-order valence-electron chi connectivity index (χ1n) is 9.26. The first kappa shape index (κ1) is 20.7. The molecule has 1 saturated heterocycles. The summed E-state index contributed by atoms with van der Waals surface area (Å²) in [6, 6.07) is 14.3. The van der Waals surface area contributed by atoms with E-state index < -0.39 is 33.9 Å². The molecule has 1 aliphatic heterocycles. The zero-order chi connectivity index (χ0) is 21.2. The lowest BCUT2D eigenvalue weighted by Gasteiger charge is -2.31. The van der Waals surface area contributed by atoms with Crippen LogP contribution in [0.25, 0.3) is 0 Å². The molecule has 2 amide bonds. The monoisotopic (exact) mass is 411 g/mol. The van der Waals surface area contributed by atoms with Gasteiger partial charge in [-0.2, -0.15) is 9.57 Å². The molecule has 0 aliphatic carbocycles. The van der Waals surface area contributed by atoms with Gasteiger partial charge >= 0.3 is 0 Å². The summed E-state index contributed by atoms with van der Waals surface area (Å²) in [6.07, 6.45) is 0.260. The van der Waals surface area contributed by atoms with Crippen molar-refractivity contribution in [1.82, 2.24) is 4.31 Å². The number of anilines is 1. The lowest BCUT2D eigenvalue weighted by atomic mass is 10.2. The summed E-state index contributed by atoms with van der Waals surface area (Å²) in [5.74, 6) is -1.05. The molecule has 29 heavy (non-hydrogen) atoms. The molecule has 1 fully saturated rings. The molecule has 2 aromatic carbocycles. The summed E-state index contributed by atoms with van der Waals surface area (Å²) in [6.45, 7) is 3.56. The number of amides is 2. The average Bonchev–Trinajstić information content (AvgIpc) is 3.02. The van der Waals surface area contributed by atoms with E-state index in [1.165, 1.54) is 36.4 Å². The van der Waals surface area contributed by atoms with Crippen LogP contribution in [0.1, 0.15) is 32.3 Å². The van der Waals surface area contributed by atoms with Crippen molar-refractivity contribution in [3.05, 3.63) is 60.2 Å². The summed E-state index contributed by atoms with van der Waals surface area (Å²) in [5, 5.41) is 8.93. The van der Waals surface area contributed by atoms with Crippen molar-refractivity contribution in [2.75, 3.05) is 4.90 Å². The predicted octanol–water partition coefficient (Wildman–Crippen LogP) is 2.68. The van der Waals surface area contributed by atoms with Crippen molar-refractivity contribution in [1.29, 1.82) is 5.26 Å². The number of carbonyl (C=O) groups is 2. The molecular weight excluding hydrogens is 390 g/mol. The second kappa shape index (κ2) is 8.15. The quantitative estimate of drug-likeness (QED) is 0.681. The van der Waals surface area contributed by atoms with Crippen molar-refractivity contribution < 1.29 is 18.0 Å². The Hall–Kier alpha value is -3.02. The number of rotatable bonds is 6. The molecule has 7 nitrogen and oxygen atoms in total. The molecule has 0 saturated carbocycles. The van der Waals surface area contributed by atoms with Gasteiger partial charge in [0.05, 0.1) is 28.6 Å². The van der Waals surface area contributed by atoms with Gasteiger partial charge in [-0.25, -0.2) is 13.3 Å². The van der Waals surface area contributed by atoms with Gasteiger partial charge in [0.25, 0.3) is 5.91 Å². The van der Waals surface area contributed by atoms with Gasteiger partial charge in [-0.3, -0.25) is 9.59 Å². The third-order valence-corrected chi connectivity index (χ3v) is 7.07. The minimum Gasteiger partial charge on any atom is -0.274 e. The minimum atomic E-state index is -3.98. The maximum atomic E-state index is 13.3. The molecule has 1 heterocycles. The van der Waals surface area contributed by atoms with Crippen molar-refractivity contribution in [2.45, 2.75) is 43.7 Å². The number of imide groups is 1. The van der Waals surface area contributed by atoms with Crippen LogP contribution in [0, 0.1) is 11.3 Å². The molecule has 0 radical (unpaired) electrons. The molecule has 1 aliphatic rings. The van der Waals surface area contributed by atoms with Crippen molar-refractivity contribution in [3.8, 4) is 6.07 Å². The summed E-state index contributed by atoms with van der Waals surface area (Å²) in [7, 11) is -3.98. The summed E-state index contributed by atoms with van der Waals surface area (Å²) < 4.78 is 27.8. The Morgan fingerprint density at radius 3 is 2.31 bits per heavy atom. The smallest absolute Gasteiger partial charge is 0.252 e. The molecule has 0 N–H and O–H groups in total. The largest absolute Gasteiger partial charge is 0.274 e. The summed E-state index contributed by atoms with van der Waals surface area (Å²) >= 11 is 0. The average molecular weight is 411 g/mol. The van der Waals surface area contributed by atoms with Gasteiger partial charge in [0.15, 0.2) is 0 Å². The predicted molar refractivity (Wildman–Crippen MR) is 107 cm³/mol. The third-order valence-electron chi connectivity index (χ3n) is 5.03. The first-order valence-corrected chi connectivity index (χ1v) is 10.7. The fraction of sp³-hybridized carbons (Fsp3) is 0.286. The van der Waals surface area contributed by atoms with E-state index in [-0.39, 0.29) is 11.3 Å². The molecule has 2 aromatic rings. The zero-order valence-corrected chi connectivity index (χ0v) is 17.0. The molecule has 0 spiro atoms. The highest BCUT2D eigenvalue weighted by Gasteiger charge is 2.48. The Balaban J connectivity index is 2.00. The second-order valence-corrected chi connectivity index (χ2v) is 8.69. The SMILES string of the molecule is CCC(C)N(C1CC(=O)N(c2ccc(C#N)cc2)C1=O)S(=O)(=O)c1ccccc1. The van der Waals surface area contributed by atoms with Crippen LogP contribution in [-0.4, -0.2) is 36.6 Å². The van der Waals surface area contributed by atoms with Crippen molar-refractivity contribution in [3.63, 3.8) is 0 Å². The van der Waals surface area contributed by atoms with Crippen LogP contribution >= 0.6 is 0 Å². The molecule has 150 valence electrons. The van der Waals surface area contributed by atoms with E-state index in [1.807, 2.05) is 13.0 Å². The lowest BCUT2D eigenvalue weighted by molar-refractivity contribution is -0.122. The maximum Gasteiger partial charge on any atom is 0.252 e. The van der Waals surface area contributed by atoms with E-state index in [0.717, 1.165) is 9.21 Å². The van der Waals surface area contributed by atoms with Gasteiger partial charge in [-0.05, 0) is 49.7 Å². The third kappa shape index (κ3) is 3.79. The molecule has 0 bridgehead atoms. The molecule has 0 aromatic heterocycles. The molecular formula is C21H21N3O4S. The van der Waals surface area contributed by atoms with Crippen LogP contribution in [0.4, 0.5) is 5.69 Å². The molecule has 2 unspecified atom stereocenters. The highest BCUT2D eigenvalue weighted by Crippen LogP contribution is 2.31. The Morgan fingerprint density at radius 2 is 1.76 bits per heavy atom. The fourth-order valence-corrected chi connectivity index (χ4v) is 5.24. The van der Waals surface area contributed by atoms with Crippen LogP contribution in [0.3, 0.4) is 0 Å². The first-order chi connectivity index (χ1) is 13.8. The Kier molecular flexibility index (Phi) is 5.82. The van der Waals surface area contributed by atoms with Gasteiger partial charge in [0.2, 0.25) is 15.9 Å². The highest BCUT2D eigenvalue weighted by atomic mass is 32.2. The van der Waals surface area contributed by atoms with E-state index in [9.17, 15) is 18.0 Å². The maximum absolute atomic E-state index is 13.3. The minimum absolute atomic E-state index is 0.0809. The van der Waals surface area contributed by atoms with Crippen LogP contribution in [0.15, 0.2) is 59.5 Å². The zero-order valence-electron chi connectivity index (χ0n) is 16.1. The number of hydrogen-bond acceptors (Lipinski definition) is 5. The normalized spacial score (nSPS) is 18.1. The van der Waals surface area contributed by atoms with Gasteiger partial charge in [-0.15, -0.1) is 0 Å². The van der Waals surface area contributed by atoms with Crippen LogP contribution in [-0.2, 0) is 19.6 Å². The van der Waals surface area contributed by atoms with E-state index in [2.05, 4.69) is 0 Å². The number of benzene rings is 2. The molecule has 2 atom stereocenters. The number of carbonyl (C=O) groups excluding carboxylic acids is 2. The van der Waals surface area contributed by atoms with Gasteiger partial charge in [-0.1, -0.05) is 25.1 Å². The number of sulfonamides is 1. The Bertz CT molecular complexity index is 1060. The standard InChI is InChI=1S/C21H21N3O4S/c1-3-15(2)24(29(27,28)18-7-5-4-6-8-18)19-13-20(25)23(21(19)26)17-11-9-16(14-22)10-12-17/h4-12,15,19H,3,13H2,1-2H3. The van der Waals surface area contributed by atoms with Crippen LogP contribution in [0.2, 0.25) is 0 Å². The topological polar surface area (TPSA) is 98.5 Å². The van der Waals surface area contributed by atoms with E-state index >= 15 is 0 Å². The Labute approximate surface area is 170 Å². The van der Waals surface area contributed by atoms with Gasteiger partial charge in [0, 0.05) is 6.04 Å². The van der Waals surface area contributed by atoms with E-state index in [1.54, 1.807) is 25.1 Å². The summed E-state index contributed by atoms with van der Waals surface area (Å²) in [5.41, 5.74) is 0.722. The van der Waals surface area contributed by atoms with Crippen molar-refractivity contribution in [2.24, 2.45) is 0 Å². The number of nitrogens with zero attached hydrogens (tertiary/aromatic N) is 3. The number of nitriles is 1. The van der Waals surface area contributed by atoms with Gasteiger partial charge < -0.3 is 0 Å². The van der Waals surface area contributed by atoms with Gasteiger partial charge in [0.1, 0.15) is 6.04 Å². The number of hydrogen-bond donors (Lipinski definition) is 0. The molecule has 3 rings (SSSR count). The van der Waals surface area contributed by atoms with Crippen LogP contribution < -0.4 is 4.90 Å². The Morgan fingerprint density at radius 1 is 1.14 bits per heavy atom. The summed E-state index contributed by atoms with van der Waals surface area (Å²) in [4.78, 5) is 26.9.